The molecule has 0 aliphatic heterocycles. The van der Waals surface area contributed by atoms with Crippen molar-refractivity contribution in [2.75, 3.05) is 0 Å². The van der Waals surface area contributed by atoms with Crippen LogP contribution in [0.15, 0.2) is 65.2 Å². The standard InChI is InChI=1S/C19H22N4O/c1-15(17-10-6-3-7-11-17)23(13-16-8-4-2-5-9-16)14-18-21-19(12-20)24-22-18/h2-11,15H,12-14,20H2,1H3. The first kappa shape index (κ1) is 16.4. The van der Waals surface area contributed by atoms with Gasteiger partial charge >= 0.3 is 0 Å². The Balaban J connectivity index is 1.82. The van der Waals surface area contributed by atoms with Gasteiger partial charge in [-0.05, 0) is 18.1 Å². The van der Waals surface area contributed by atoms with Crippen LogP contribution in [-0.4, -0.2) is 15.0 Å². The lowest BCUT2D eigenvalue weighted by Crippen LogP contribution is -2.26. The Bertz CT molecular complexity index is 742. The highest BCUT2D eigenvalue weighted by Gasteiger charge is 2.19. The minimum Gasteiger partial charge on any atom is -0.338 e. The van der Waals surface area contributed by atoms with Crippen LogP contribution >= 0.6 is 0 Å². The second-order valence-electron chi connectivity index (χ2n) is 5.79. The summed E-state index contributed by atoms with van der Waals surface area (Å²) in [6.07, 6.45) is 0. The lowest BCUT2D eigenvalue weighted by atomic mass is 10.1. The van der Waals surface area contributed by atoms with Gasteiger partial charge in [0.1, 0.15) is 0 Å². The van der Waals surface area contributed by atoms with Gasteiger partial charge in [0.2, 0.25) is 5.89 Å². The summed E-state index contributed by atoms with van der Waals surface area (Å²) in [6.45, 7) is 3.87. The van der Waals surface area contributed by atoms with Gasteiger partial charge in [-0.1, -0.05) is 65.8 Å². The summed E-state index contributed by atoms with van der Waals surface area (Å²) in [5.74, 6) is 1.13. The quantitative estimate of drug-likeness (QED) is 0.723. The number of nitrogens with two attached hydrogens (primary N) is 1. The third kappa shape index (κ3) is 4.07. The number of hydrogen-bond donors (Lipinski definition) is 1. The molecule has 5 nitrogen and oxygen atoms in total. The largest absolute Gasteiger partial charge is 0.338 e. The van der Waals surface area contributed by atoms with Crippen molar-refractivity contribution in [2.24, 2.45) is 5.73 Å². The Morgan fingerprint density at radius 2 is 1.67 bits per heavy atom. The molecule has 0 bridgehead atoms. The highest BCUT2D eigenvalue weighted by molar-refractivity contribution is 5.20. The second kappa shape index (κ2) is 7.86. The van der Waals surface area contributed by atoms with Gasteiger partial charge in [-0.15, -0.1) is 0 Å². The molecule has 1 heterocycles. The fourth-order valence-corrected chi connectivity index (χ4v) is 2.71. The van der Waals surface area contributed by atoms with Crippen LogP contribution in [0, 0.1) is 0 Å². The molecule has 5 heteroatoms. The monoisotopic (exact) mass is 322 g/mol. The van der Waals surface area contributed by atoms with Gasteiger partial charge in [-0.25, -0.2) is 0 Å². The number of nitrogens with zero attached hydrogens (tertiary/aromatic N) is 3. The zero-order chi connectivity index (χ0) is 16.8. The molecule has 0 saturated carbocycles. The Labute approximate surface area is 142 Å². The van der Waals surface area contributed by atoms with E-state index in [0.717, 1.165) is 6.54 Å². The molecule has 0 radical (unpaired) electrons. The molecule has 0 aliphatic carbocycles. The van der Waals surface area contributed by atoms with Crippen molar-refractivity contribution >= 4 is 0 Å². The van der Waals surface area contributed by atoms with Crippen molar-refractivity contribution in [3.63, 3.8) is 0 Å². The molecule has 2 aromatic carbocycles. The highest BCUT2D eigenvalue weighted by atomic mass is 16.5. The first-order chi connectivity index (χ1) is 11.8. The molecule has 1 atom stereocenters. The Morgan fingerprint density at radius 1 is 1.00 bits per heavy atom. The Morgan fingerprint density at radius 3 is 2.29 bits per heavy atom. The molecule has 0 saturated heterocycles. The van der Waals surface area contributed by atoms with Crippen LogP contribution in [0.1, 0.15) is 35.8 Å². The van der Waals surface area contributed by atoms with Gasteiger partial charge in [-0.3, -0.25) is 4.90 Å². The van der Waals surface area contributed by atoms with Crippen molar-refractivity contribution < 1.29 is 4.52 Å². The normalized spacial score (nSPS) is 12.5. The van der Waals surface area contributed by atoms with E-state index in [9.17, 15) is 0 Å². The van der Waals surface area contributed by atoms with Crippen molar-refractivity contribution in [2.45, 2.75) is 32.6 Å². The molecule has 2 N–H and O–H groups in total. The summed E-state index contributed by atoms with van der Waals surface area (Å²) in [5.41, 5.74) is 8.07. The van der Waals surface area contributed by atoms with Crippen LogP contribution in [0.4, 0.5) is 0 Å². The van der Waals surface area contributed by atoms with Crippen LogP contribution in [-0.2, 0) is 19.6 Å². The summed E-state index contributed by atoms with van der Waals surface area (Å²) >= 11 is 0. The first-order valence-corrected chi connectivity index (χ1v) is 8.10. The summed E-state index contributed by atoms with van der Waals surface area (Å²) in [6, 6.07) is 21.1. The molecular formula is C19H22N4O. The van der Waals surface area contributed by atoms with E-state index >= 15 is 0 Å². The molecule has 0 fully saturated rings. The number of hydrogen-bond acceptors (Lipinski definition) is 5. The van der Waals surface area contributed by atoms with Gasteiger partial charge < -0.3 is 10.3 Å². The predicted molar refractivity (Wildman–Crippen MR) is 92.7 cm³/mol. The first-order valence-electron chi connectivity index (χ1n) is 8.10. The Kier molecular flexibility index (Phi) is 5.36. The average Bonchev–Trinajstić information content (AvgIpc) is 3.10. The van der Waals surface area contributed by atoms with Crippen LogP contribution in [0.2, 0.25) is 0 Å². The zero-order valence-electron chi connectivity index (χ0n) is 13.8. The summed E-state index contributed by atoms with van der Waals surface area (Å²) in [4.78, 5) is 6.67. The molecule has 1 aromatic heterocycles. The van der Waals surface area contributed by atoms with Crippen LogP contribution in [0.5, 0.6) is 0 Å². The van der Waals surface area contributed by atoms with Crippen molar-refractivity contribution in [3.8, 4) is 0 Å². The molecule has 3 aromatic rings. The van der Waals surface area contributed by atoms with E-state index in [1.807, 2.05) is 12.1 Å². The molecule has 0 spiro atoms. The van der Waals surface area contributed by atoms with E-state index < -0.39 is 0 Å². The predicted octanol–water partition coefficient (Wildman–Crippen LogP) is 3.29. The molecule has 124 valence electrons. The van der Waals surface area contributed by atoms with Crippen molar-refractivity contribution in [1.82, 2.24) is 15.0 Å². The molecule has 0 aliphatic rings. The van der Waals surface area contributed by atoms with Crippen molar-refractivity contribution in [3.05, 3.63) is 83.5 Å². The van der Waals surface area contributed by atoms with E-state index in [1.54, 1.807) is 0 Å². The minimum absolute atomic E-state index is 0.228. The molecule has 1 unspecified atom stereocenters. The van der Waals surface area contributed by atoms with E-state index in [2.05, 4.69) is 70.5 Å². The van der Waals surface area contributed by atoms with E-state index in [1.165, 1.54) is 11.1 Å². The van der Waals surface area contributed by atoms with Crippen LogP contribution < -0.4 is 5.73 Å². The highest BCUT2D eigenvalue weighted by Crippen LogP contribution is 2.23. The molecule has 0 amide bonds. The average molecular weight is 322 g/mol. The third-order valence-corrected chi connectivity index (χ3v) is 4.09. The van der Waals surface area contributed by atoms with E-state index in [4.69, 9.17) is 10.3 Å². The maximum Gasteiger partial charge on any atom is 0.240 e. The maximum atomic E-state index is 5.56. The molecular weight excluding hydrogens is 300 g/mol. The zero-order valence-corrected chi connectivity index (χ0v) is 13.8. The van der Waals surface area contributed by atoms with Gasteiger partial charge in [0, 0.05) is 12.6 Å². The Hall–Kier alpha value is -2.50. The fourth-order valence-electron chi connectivity index (χ4n) is 2.71. The fraction of sp³-hybridized carbons (Fsp3) is 0.263. The summed E-state index contributed by atoms with van der Waals surface area (Å²) in [7, 11) is 0. The summed E-state index contributed by atoms with van der Waals surface area (Å²) < 4.78 is 5.14. The molecule has 24 heavy (non-hydrogen) atoms. The van der Waals surface area contributed by atoms with Gasteiger partial charge in [0.15, 0.2) is 5.82 Å². The van der Waals surface area contributed by atoms with E-state index in [0.29, 0.717) is 18.3 Å². The minimum atomic E-state index is 0.228. The maximum absolute atomic E-state index is 5.56. The van der Waals surface area contributed by atoms with Crippen LogP contribution in [0.3, 0.4) is 0 Å². The smallest absolute Gasteiger partial charge is 0.240 e. The van der Waals surface area contributed by atoms with Gasteiger partial charge in [-0.2, -0.15) is 4.98 Å². The second-order valence-corrected chi connectivity index (χ2v) is 5.79. The summed E-state index contributed by atoms with van der Waals surface area (Å²) in [5, 5.41) is 4.04. The lowest BCUT2D eigenvalue weighted by molar-refractivity contribution is 0.184. The van der Waals surface area contributed by atoms with Gasteiger partial charge in [0.05, 0.1) is 13.1 Å². The number of aromatic nitrogens is 2. The number of benzene rings is 2. The molecule has 3 rings (SSSR count). The van der Waals surface area contributed by atoms with Gasteiger partial charge in [0.25, 0.3) is 0 Å². The van der Waals surface area contributed by atoms with Crippen LogP contribution in [0.25, 0.3) is 0 Å². The van der Waals surface area contributed by atoms with E-state index in [-0.39, 0.29) is 12.6 Å². The SMILES string of the molecule is CC(c1ccccc1)N(Cc1ccccc1)Cc1noc(CN)n1. The third-order valence-electron chi connectivity index (χ3n) is 4.09. The van der Waals surface area contributed by atoms with Crippen molar-refractivity contribution in [1.29, 1.82) is 0 Å². The lowest BCUT2D eigenvalue weighted by Gasteiger charge is -2.28. The topological polar surface area (TPSA) is 68.2 Å². The number of rotatable bonds is 7.